The molecule has 0 fully saturated rings. The van der Waals surface area contributed by atoms with Crippen LogP contribution in [0.5, 0.6) is 0 Å². The minimum absolute atomic E-state index is 0.0387. The second-order valence-electron chi connectivity index (χ2n) is 6.94. The highest BCUT2D eigenvalue weighted by molar-refractivity contribution is 7.12. The lowest BCUT2D eigenvalue weighted by Crippen LogP contribution is -2.22. The van der Waals surface area contributed by atoms with Crippen molar-refractivity contribution in [3.05, 3.63) is 75.2 Å². The largest absolute Gasteiger partial charge is 0.416 e. The Hall–Kier alpha value is -3.44. The Morgan fingerprint density at radius 2 is 2.06 bits per heavy atom. The summed E-state index contributed by atoms with van der Waals surface area (Å²) in [6.45, 7) is -0.0387. The summed E-state index contributed by atoms with van der Waals surface area (Å²) >= 11 is 7.44. The van der Waals surface area contributed by atoms with Gasteiger partial charge < -0.3 is 10.6 Å². The Kier molecular flexibility index (Phi) is 6.34. The number of carbonyl (C=O) groups is 1. The Morgan fingerprint density at radius 1 is 1.24 bits per heavy atom. The second kappa shape index (κ2) is 9.20. The van der Waals surface area contributed by atoms with Crippen LogP contribution in [0.3, 0.4) is 0 Å². The van der Waals surface area contributed by atoms with Gasteiger partial charge in [0.1, 0.15) is 5.82 Å². The topological polar surface area (TPSA) is 84.7 Å². The maximum absolute atomic E-state index is 12.9. The number of alkyl halides is 3. The van der Waals surface area contributed by atoms with E-state index in [1.807, 2.05) is 0 Å². The van der Waals surface area contributed by atoms with Crippen molar-refractivity contribution < 1.29 is 18.0 Å². The van der Waals surface area contributed by atoms with E-state index in [1.54, 1.807) is 35.4 Å². The molecule has 0 aliphatic rings. The number of nitrogens with one attached hydrogen (secondary N) is 2. The molecule has 0 saturated heterocycles. The molecule has 4 rings (SSSR count). The number of benzene rings is 1. The van der Waals surface area contributed by atoms with Crippen molar-refractivity contribution in [3.63, 3.8) is 0 Å². The predicted octanol–water partition coefficient (Wildman–Crippen LogP) is 5.28. The smallest absolute Gasteiger partial charge is 0.347 e. The fourth-order valence-electron chi connectivity index (χ4n) is 2.95. The first-order chi connectivity index (χ1) is 15.7. The molecule has 0 unspecified atom stereocenters. The SMILES string of the molecule is Cn1nccc1Nc1ncc(Cl)c(-c2csc(C(=O)NCc3cccc(C(F)(F)F)c3)c2)n1. The third kappa shape index (κ3) is 5.32. The lowest BCUT2D eigenvalue weighted by molar-refractivity contribution is -0.137. The van der Waals surface area contributed by atoms with E-state index in [2.05, 4.69) is 25.7 Å². The van der Waals surface area contributed by atoms with Gasteiger partial charge in [-0.1, -0.05) is 23.7 Å². The van der Waals surface area contributed by atoms with Gasteiger partial charge in [-0.2, -0.15) is 18.3 Å². The van der Waals surface area contributed by atoms with Crippen LogP contribution in [-0.2, 0) is 19.8 Å². The molecule has 0 aliphatic heterocycles. The van der Waals surface area contributed by atoms with Crippen molar-refractivity contribution in [2.75, 3.05) is 5.32 Å². The van der Waals surface area contributed by atoms with E-state index in [0.717, 1.165) is 12.1 Å². The molecule has 4 aromatic rings. The third-order valence-corrected chi connectivity index (χ3v) is 5.81. The van der Waals surface area contributed by atoms with Crippen molar-refractivity contribution in [1.29, 1.82) is 0 Å². The number of halogens is 4. The van der Waals surface area contributed by atoms with Crippen LogP contribution in [0, 0.1) is 0 Å². The molecule has 0 saturated carbocycles. The van der Waals surface area contributed by atoms with E-state index in [0.29, 0.717) is 38.5 Å². The number of hydrogen-bond acceptors (Lipinski definition) is 6. The Balaban J connectivity index is 1.47. The minimum atomic E-state index is -4.44. The quantitative estimate of drug-likeness (QED) is 0.382. The second-order valence-corrected chi connectivity index (χ2v) is 8.25. The molecule has 33 heavy (non-hydrogen) atoms. The van der Waals surface area contributed by atoms with Crippen molar-refractivity contribution in [1.82, 2.24) is 25.1 Å². The fraction of sp³-hybridized carbons (Fsp3) is 0.143. The Labute approximate surface area is 195 Å². The van der Waals surface area contributed by atoms with Crippen molar-refractivity contribution in [3.8, 4) is 11.3 Å². The van der Waals surface area contributed by atoms with Crippen molar-refractivity contribution >= 4 is 40.6 Å². The lowest BCUT2D eigenvalue weighted by Gasteiger charge is -2.09. The first-order valence-corrected chi connectivity index (χ1v) is 10.8. The number of carbonyl (C=O) groups excluding carboxylic acids is 1. The Bertz CT molecular complexity index is 1300. The highest BCUT2D eigenvalue weighted by Crippen LogP contribution is 2.31. The standard InChI is InChI=1S/C21H16ClF3N6OS/c1-31-17(5-6-28-31)29-20-27-10-15(22)18(30-20)13-8-16(33-11-13)19(32)26-9-12-3-2-4-14(7-12)21(23,24)25/h2-8,10-11H,9H2,1H3,(H,26,32)(H,27,29,30). The maximum Gasteiger partial charge on any atom is 0.416 e. The van der Waals surface area contributed by atoms with Gasteiger partial charge in [0.25, 0.3) is 5.91 Å². The molecule has 1 amide bonds. The zero-order chi connectivity index (χ0) is 23.6. The van der Waals surface area contributed by atoms with Crippen LogP contribution in [0.2, 0.25) is 5.02 Å². The van der Waals surface area contributed by atoms with Crippen LogP contribution in [0.4, 0.5) is 24.9 Å². The summed E-state index contributed by atoms with van der Waals surface area (Å²) in [5.41, 5.74) is 0.635. The van der Waals surface area contributed by atoms with Gasteiger partial charge in [-0.25, -0.2) is 9.97 Å². The number of hydrogen-bond donors (Lipinski definition) is 2. The Morgan fingerprint density at radius 3 is 2.79 bits per heavy atom. The number of amides is 1. The normalized spacial score (nSPS) is 11.4. The zero-order valence-corrected chi connectivity index (χ0v) is 18.6. The van der Waals surface area contributed by atoms with Gasteiger partial charge in [0, 0.05) is 30.6 Å². The number of nitrogens with zero attached hydrogens (tertiary/aromatic N) is 4. The van der Waals surface area contributed by atoms with Crippen molar-refractivity contribution in [2.24, 2.45) is 7.05 Å². The van der Waals surface area contributed by atoms with Crippen LogP contribution in [0.1, 0.15) is 20.8 Å². The monoisotopic (exact) mass is 492 g/mol. The molecular weight excluding hydrogens is 477 g/mol. The van der Waals surface area contributed by atoms with Crippen LogP contribution in [0.15, 0.2) is 54.2 Å². The summed E-state index contributed by atoms with van der Waals surface area (Å²) in [7, 11) is 1.77. The molecular formula is C21H16ClF3N6OS. The van der Waals surface area contributed by atoms with E-state index >= 15 is 0 Å². The summed E-state index contributed by atoms with van der Waals surface area (Å²) < 4.78 is 40.2. The lowest BCUT2D eigenvalue weighted by atomic mass is 10.1. The molecule has 0 radical (unpaired) electrons. The third-order valence-electron chi connectivity index (χ3n) is 4.61. The first kappa shape index (κ1) is 22.7. The van der Waals surface area contributed by atoms with E-state index in [1.165, 1.54) is 29.7 Å². The molecule has 170 valence electrons. The van der Waals surface area contributed by atoms with Gasteiger partial charge in [-0.3, -0.25) is 9.48 Å². The molecule has 1 aromatic carbocycles. The number of rotatable bonds is 6. The summed E-state index contributed by atoms with van der Waals surface area (Å²) in [5, 5.41) is 11.8. The van der Waals surface area contributed by atoms with E-state index < -0.39 is 17.6 Å². The average Bonchev–Trinajstić information content (AvgIpc) is 3.42. The van der Waals surface area contributed by atoms with E-state index in [-0.39, 0.29) is 6.54 Å². The van der Waals surface area contributed by atoms with E-state index in [4.69, 9.17) is 11.6 Å². The predicted molar refractivity (Wildman–Crippen MR) is 119 cm³/mol. The fourth-order valence-corrected chi connectivity index (χ4v) is 3.96. The molecule has 0 spiro atoms. The molecule has 2 N–H and O–H groups in total. The molecule has 0 atom stereocenters. The highest BCUT2D eigenvalue weighted by Gasteiger charge is 2.30. The highest BCUT2D eigenvalue weighted by atomic mass is 35.5. The maximum atomic E-state index is 12.9. The van der Waals surface area contributed by atoms with Gasteiger partial charge >= 0.3 is 6.18 Å². The van der Waals surface area contributed by atoms with Crippen LogP contribution in [0.25, 0.3) is 11.3 Å². The molecule has 3 heterocycles. The molecule has 3 aromatic heterocycles. The summed E-state index contributed by atoms with van der Waals surface area (Å²) in [5.74, 6) is 0.574. The zero-order valence-electron chi connectivity index (χ0n) is 17.0. The van der Waals surface area contributed by atoms with Gasteiger partial charge in [-0.05, 0) is 23.8 Å². The summed E-state index contributed by atoms with van der Waals surface area (Å²) in [6.07, 6.45) is -1.36. The molecule has 7 nitrogen and oxygen atoms in total. The minimum Gasteiger partial charge on any atom is -0.347 e. The van der Waals surface area contributed by atoms with Gasteiger partial charge in [0.15, 0.2) is 0 Å². The summed E-state index contributed by atoms with van der Waals surface area (Å²) in [6, 6.07) is 8.20. The van der Waals surface area contributed by atoms with Crippen LogP contribution < -0.4 is 10.6 Å². The van der Waals surface area contributed by atoms with Gasteiger partial charge in [0.05, 0.1) is 33.6 Å². The summed E-state index contributed by atoms with van der Waals surface area (Å²) in [4.78, 5) is 21.5. The van der Waals surface area contributed by atoms with Gasteiger partial charge in [0.2, 0.25) is 5.95 Å². The van der Waals surface area contributed by atoms with Gasteiger partial charge in [-0.15, -0.1) is 11.3 Å². The number of thiophene rings is 1. The van der Waals surface area contributed by atoms with Crippen LogP contribution >= 0.6 is 22.9 Å². The number of aryl methyl sites for hydroxylation is 1. The average molecular weight is 493 g/mol. The molecule has 0 aliphatic carbocycles. The first-order valence-electron chi connectivity index (χ1n) is 9.51. The van der Waals surface area contributed by atoms with Crippen LogP contribution in [-0.4, -0.2) is 25.7 Å². The number of aromatic nitrogens is 4. The molecule has 0 bridgehead atoms. The van der Waals surface area contributed by atoms with E-state index in [9.17, 15) is 18.0 Å². The van der Waals surface area contributed by atoms with Crippen molar-refractivity contribution in [2.45, 2.75) is 12.7 Å². The number of anilines is 2. The molecule has 12 heteroatoms.